The van der Waals surface area contributed by atoms with Gasteiger partial charge in [0.25, 0.3) is 0 Å². The van der Waals surface area contributed by atoms with Crippen LogP contribution in [0.1, 0.15) is 26.2 Å². The summed E-state index contributed by atoms with van der Waals surface area (Å²) in [4.78, 5) is 4.41. The van der Waals surface area contributed by atoms with Gasteiger partial charge in [-0.2, -0.15) is 0 Å². The summed E-state index contributed by atoms with van der Waals surface area (Å²) in [6.07, 6.45) is 2.56. The SMILES string of the molecule is CCCNc1nc(NCC2CC(O)C2)c(Cl)cc1Cl. The van der Waals surface area contributed by atoms with Crippen molar-refractivity contribution in [1.82, 2.24) is 4.98 Å². The molecule has 1 aliphatic rings. The Hall–Kier alpha value is -0.710. The van der Waals surface area contributed by atoms with Crippen LogP contribution in [0.15, 0.2) is 6.07 Å². The zero-order valence-electron chi connectivity index (χ0n) is 10.9. The third-order valence-corrected chi connectivity index (χ3v) is 3.82. The number of nitrogens with zero attached hydrogens (tertiary/aromatic N) is 1. The van der Waals surface area contributed by atoms with E-state index in [1.165, 1.54) is 0 Å². The minimum absolute atomic E-state index is 0.137. The van der Waals surface area contributed by atoms with Crippen LogP contribution in [0.25, 0.3) is 0 Å². The van der Waals surface area contributed by atoms with Crippen molar-refractivity contribution < 1.29 is 5.11 Å². The number of hydrogen-bond donors (Lipinski definition) is 3. The molecule has 106 valence electrons. The second kappa shape index (κ2) is 6.64. The maximum atomic E-state index is 9.25. The lowest BCUT2D eigenvalue weighted by Gasteiger charge is -2.31. The molecule has 0 amide bonds. The van der Waals surface area contributed by atoms with Crippen LogP contribution in [0, 0.1) is 5.92 Å². The van der Waals surface area contributed by atoms with Crippen LogP contribution in [-0.4, -0.2) is 29.3 Å². The van der Waals surface area contributed by atoms with Crippen molar-refractivity contribution in [3.63, 3.8) is 0 Å². The second-order valence-electron chi connectivity index (χ2n) is 4.95. The first-order valence-electron chi connectivity index (χ1n) is 6.62. The fourth-order valence-corrected chi connectivity index (χ4v) is 2.56. The summed E-state index contributed by atoms with van der Waals surface area (Å²) < 4.78 is 0. The van der Waals surface area contributed by atoms with Gasteiger partial charge >= 0.3 is 0 Å². The van der Waals surface area contributed by atoms with Crippen molar-refractivity contribution in [3.05, 3.63) is 16.1 Å². The Morgan fingerprint density at radius 2 is 1.89 bits per heavy atom. The van der Waals surface area contributed by atoms with Crippen LogP contribution in [-0.2, 0) is 0 Å². The third-order valence-electron chi connectivity index (χ3n) is 3.24. The molecule has 3 N–H and O–H groups in total. The lowest BCUT2D eigenvalue weighted by molar-refractivity contribution is 0.0486. The predicted molar refractivity (Wildman–Crippen MR) is 80.3 cm³/mol. The Labute approximate surface area is 123 Å². The largest absolute Gasteiger partial charge is 0.393 e. The number of halogens is 2. The molecule has 2 rings (SSSR count). The number of anilines is 2. The molecule has 1 aromatic heterocycles. The van der Waals surface area contributed by atoms with E-state index < -0.39 is 0 Å². The number of rotatable bonds is 6. The maximum Gasteiger partial charge on any atom is 0.147 e. The molecule has 0 spiro atoms. The van der Waals surface area contributed by atoms with Crippen LogP contribution in [0.4, 0.5) is 11.6 Å². The van der Waals surface area contributed by atoms with E-state index in [0.29, 0.717) is 27.6 Å². The molecule has 1 fully saturated rings. The minimum atomic E-state index is -0.137. The Bertz CT molecular complexity index is 436. The molecule has 0 aromatic carbocycles. The molecule has 0 unspecified atom stereocenters. The molecule has 1 aromatic rings. The maximum absolute atomic E-state index is 9.25. The summed E-state index contributed by atoms with van der Waals surface area (Å²) in [5.41, 5.74) is 0. The molecule has 0 radical (unpaired) electrons. The van der Waals surface area contributed by atoms with Gasteiger partial charge in [0.15, 0.2) is 0 Å². The number of pyridine rings is 1. The lowest BCUT2D eigenvalue weighted by atomic mass is 9.82. The lowest BCUT2D eigenvalue weighted by Crippen LogP contribution is -2.33. The summed E-state index contributed by atoms with van der Waals surface area (Å²) in [5.74, 6) is 1.80. The highest BCUT2D eigenvalue weighted by molar-refractivity contribution is 6.37. The Balaban J connectivity index is 1.98. The van der Waals surface area contributed by atoms with Gasteiger partial charge in [0, 0.05) is 13.1 Å². The van der Waals surface area contributed by atoms with Gasteiger partial charge in [0.2, 0.25) is 0 Å². The normalized spacial score (nSPS) is 21.9. The summed E-state index contributed by atoms with van der Waals surface area (Å²) >= 11 is 12.2. The van der Waals surface area contributed by atoms with Crippen molar-refractivity contribution >= 4 is 34.8 Å². The number of hydrogen-bond acceptors (Lipinski definition) is 4. The fraction of sp³-hybridized carbons (Fsp3) is 0.615. The predicted octanol–water partition coefficient (Wildman–Crippen LogP) is 3.39. The van der Waals surface area contributed by atoms with E-state index >= 15 is 0 Å². The molecule has 0 aliphatic heterocycles. The van der Waals surface area contributed by atoms with Gasteiger partial charge in [-0.25, -0.2) is 4.98 Å². The molecule has 0 bridgehead atoms. The standard InChI is InChI=1S/C13H19Cl2N3O/c1-2-3-16-12-10(14)6-11(15)13(18-12)17-7-8-4-9(19)5-8/h6,8-9,19H,2-5,7H2,1H3,(H2,16,17,18). The first kappa shape index (κ1) is 14.7. The highest BCUT2D eigenvalue weighted by atomic mass is 35.5. The topological polar surface area (TPSA) is 57.2 Å². The molecule has 1 saturated carbocycles. The molecule has 19 heavy (non-hydrogen) atoms. The summed E-state index contributed by atoms with van der Waals surface area (Å²) in [5, 5.41) is 16.7. The number of aliphatic hydroxyl groups is 1. The third kappa shape index (κ3) is 3.88. The molecule has 4 nitrogen and oxygen atoms in total. The van der Waals surface area contributed by atoms with Gasteiger partial charge in [0.1, 0.15) is 11.6 Å². The van der Waals surface area contributed by atoms with Crippen LogP contribution in [0.3, 0.4) is 0 Å². The molecular weight excluding hydrogens is 285 g/mol. The number of aromatic nitrogens is 1. The minimum Gasteiger partial charge on any atom is -0.393 e. The second-order valence-corrected chi connectivity index (χ2v) is 5.76. The van der Waals surface area contributed by atoms with Crippen molar-refractivity contribution in [3.8, 4) is 0 Å². The Morgan fingerprint density at radius 3 is 2.47 bits per heavy atom. The van der Waals surface area contributed by atoms with Gasteiger partial charge in [-0.05, 0) is 31.2 Å². The van der Waals surface area contributed by atoms with E-state index in [-0.39, 0.29) is 6.10 Å². The smallest absolute Gasteiger partial charge is 0.147 e. The van der Waals surface area contributed by atoms with Crippen molar-refractivity contribution in [1.29, 1.82) is 0 Å². The molecule has 0 atom stereocenters. The van der Waals surface area contributed by atoms with Crippen LogP contribution < -0.4 is 10.6 Å². The number of aliphatic hydroxyl groups excluding tert-OH is 1. The highest BCUT2D eigenvalue weighted by Crippen LogP contribution is 2.31. The highest BCUT2D eigenvalue weighted by Gasteiger charge is 2.27. The summed E-state index contributed by atoms with van der Waals surface area (Å²) in [6.45, 7) is 3.68. The monoisotopic (exact) mass is 303 g/mol. The van der Waals surface area contributed by atoms with Crippen molar-refractivity contribution in [2.45, 2.75) is 32.3 Å². The molecule has 1 aliphatic carbocycles. The van der Waals surface area contributed by atoms with Crippen LogP contribution in [0.2, 0.25) is 10.0 Å². The zero-order valence-corrected chi connectivity index (χ0v) is 12.4. The van der Waals surface area contributed by atoms with Gasteiger partial charge in [-0.3, -0.25) is 0 Å². The first-order valence-corrected chi connectivity index (χ1v) is 7.37. The average Bonchev–Trinajstić information content (AvgIpc) is 2.34. The average molecular weight is 304 g/mol. The summed E-state index contributed by atoms with van der Waals surface area (Å²) in [6, 6.07) is 1.70. The van der Waals surface area contributed by atoms with Gasteiger partial charge in [-0.15, -0.1) is 0 Å². The van der Waals surface area contributed by atoms with E-state index in [4.69, 9.17) is 23.2 Å². The molecule has 6 heteroatoms. The first-order chi connectivity index (χ1) is 9.10. The van der Waals surface area contributed by atoms with Gasteiger partial charge < -0.3 is 15.7 Å². The van der Waals surface area contributed by atoms with E-state index in [2.05, 4.69) is 22.5 Å². The Morgan fingerprint density at radius 1 is 1.26 bits per heavy atom. The van der Waals surface area contributed by atoms with Crippen LogP contribution >= 0.6 is 23.2 Å². The fourth-order valence-electron chi connectivity index (χ4n) is 2.07. The zero-order chi connectivity index (χ0) is 13.8. The van der Waals surface area contributed by atoms with E-state index in [1.54, 1.807) is 6.07 Å². The van der Waals surface area contributed by atoms with E-state index in [0.717, 1.165) is 32.4 Å². The van der Waals surface area contributed by atoms with Crippen molar-refractivity contribution in [2.75, 3.05) is 23.7 Å². The molecule has 0 saturated heterocycles. The van der Waals surface area contributed by atoms with Crippen LogP contribution in [0.5, 0.6) is 0 Å². The summed E-state index contributed by atoms with van der Waals surface area (Å²) in [7, 11) is 0. The molecule has 1 heterocycles. The van der Waals surface area contributed by atoms with Gasteiger partial charge in [0.05, 0.1) is 16.1 Å². The van der Waals surface area contributed by atoms with E-state index in [9.17, 15) is 5.11 Å². The Kier molecular flexibility index (Phi) is 5.13. The van der Waals surface area contributed by atoms with E-state index in [1.807, 2.05) is 0 Å². The molecular formula is C13H19Cl2N3O. The quantitative estimate of drug-likeness (QED) is 0.754. The number of nitrogens with one attached hydrogen (secondary N) is 2. The van der Waals surface area contributed by atoms with Crippen molar-refractivity contribution in [2.24, 2.45) is 5.92 Å². The van der Waals surface area contributed by atoms with Gasteiger partial charge in [-0.1, -0.05) is 30.1 Å².